The SMILES string of the molecule is C=CCOc1ccc(C(O)=C2C(=O)C(=O)N(CCN3CCOCC3)[C@]23C(=O)N(CCC)c2ccccc23)cc1. The van der Waals surface area contributed by atoms with E-state index < -0.39 is 23.1 Å². The summed E-state index contributed by atoms with van der Waals surface area (Å²) in [5.41, 5.74) is -0.483. The van der Waals surface area contributed by atoms with Gasteiger partial charge in [-0.3, -0.25) is 19.3 Å². The number of carbonyl (C=O) groups excluding carboxylic acids is 3. The van der Waals surface area contributed by atoms with Crippen molar-refractivity contribution in [1.82, 2.24) is 9.80 Å². The zero-order chi connectivity index (χ0) is 27.6. The van der Waals surface area contributed by atoms with Crippen LogP contribution in [0, 0.1) is 0 Å². The molecule has 2 saturated heterocycles. The van der Waals surface area contributed by atoms with Crippen LogP contribution in [0.25, 0.3) is 5.76 Å². The van der Waals surface area contributed by atoms with E-state index in [9.17, 15) is 19.5 Å². The van der Waals surface area contributed by atoms with E-state index in [0.29, 0.717) is 75.0 Å². The summed E-state index contributed by atoms with van der Waals surface area (Å²) in [6.07, 6.45) is 2.31. The van der Waals surface area contributed by atoms with Gasteiger partial charge in [0, 0.05) is 43.9 Å². The second-order valence-electron chi connectivity index (χ2n) is 9.77. The highest BCUT2D eigenvalue weighted by atomic mass is 16.5. The lowest BCUT2D eigenvalue weighted by Gasteiger charge is -2.36. The van der Waals surface area contributed by atoms with E-state index in [2.05, 4.69) is 11.5 Å². The van der Waals surface area contributed by atoms with Crippen LogP contribution in [0.4, 0.5) is 5.69 Å². The van der Waals surface area contributed by atoms with Gasteiger partial charge in [-0.05, 0) is 36.8 Å². The van der Waals surface area contributed by atoms with Gasteiger partial charge in [0.15, 0.2) is 5.54 Å². The minimum absolute atomic E-state index is 0.149. The molecule has 204 valence electrons. The lowest BCUT2D eigenvalue weighted by Crippen LogP contribution is -2.54. The van der Waals surface area contributed by atoms with Crippen molar-refractivity contribution in [2.75, 3.05) is 57.4 Å². The van der Waals surface area contributed by atoms with Gasteiger partial charge in [-0.25, -0.2) is 0 Å². The molecule has 0 aromatic heterocycles. The summed E-state index contributed by atoms with van der Waals surface area (Å²) in [4.78, 5) is 46.9. The van der Waals surface area contributed by atoms with Crippen LogP contribution in [-0.2, 0) is 24.7 Å². The van der Waals surface area contributed by atoms with Crippen LogP contribution in [0.2, 0.25) is 0 Å². The van der Waals surface area contributed by atoms with E-state index in [4.69, 9.17) is 9.47 Å². The highest BCUT2D eigenvalue weighted by molar-refractivity contribution is 6.50. The van der Waals surface area contributed by atoms with Crippen LogP contribution in [0.3, 0.4) is 0 Å². The van der Waals surface area contributed by atoms with Gasteiger partial charge in [-0.15, -0.1) is 0 Å². The largest absolute Gasteiger partial charge is 0.507 e. The molecule has 39 heavy (non-hydrogen) atoms. The first-order chi connectivity index (χ1) is 18.9. The van der Waals surface area contributed by atoms with E-state index in [1.807, 2.05) is 19.1 Å². The maximum Gasteiger partial charge on any atom is 0.296 e. The fourth-order valence-corrected chi connectivity index (χ4v) is 5.69. The summed E-state index contributed by atoms with van der Waals surface area (Å²) in [5, 5.41) is 11.6. The molecule has 1 atom stereocenters. The molecule has 0 bridgehead atoms. The van der Waals surface area contributed by atoms with Crippen LogP contribution in [0.1, 0.15) is 24.5 Å². The number of hydrogen-bond donors (Lipinski definition) is 1. The van der Waals surface area contributed by atoms with Crippen molar-refractivity contribution in [2.45, 2.75) is 18.9 Å². The van der Waals surface area contributed by atoms with Gasteiger partial charge in [-0.1, -0.05) is 37.8 Å². The highest BCUT2D eigenvalue weighted by Crippen LogP contribution is 2.53. The van der Waals surface area contributed by atoms with Gasteiger partial charge in [0.05, 0.1) is 24.5 Å². The molecule has 1 spiro atoms. The number of rotatable bonds is 9. The summed E-state index contributed by atoms with van der Waals surface area (Å²) >= 11 is 0. The first kappa shape index (κ1) is 26.6. The van der Waals surface area contributed by atoms with Crippen LogP contribution in [0.5, 0.6) is 5.75 Å². The monoisotopic (exact) mass is 531 g/mol. The molecule has 3 aliphatic rings. The predicted octanol–water partition coefficient (Wildman–Crippen LogP) is 2.92. The Balaban J connectivity index is 1.66. The predicted molar refractivity (Wildman–Crippen MR) is 146 cm³/mol. The maximum absolute atomic E-state index is 14.4. The molecule has 3 heterocycles. The van der Waals surface area contributed by atoms with E-state index in [1.54, 1.807) is 47.4 Å². The van der Waals surface area contributed by atoms with Gasteiger partial charge in [-0.2, -0.15) is 0 Å². The Morgan fingerprint density at radius 1 is 1.05 bits per heavy atom. The Morgan fingerprint density at radius 2 is 1.77 bits per heavy atom. The molecule has 2 amide bonds. The number of carbonyl (C=O) groups is 3. The molecule has 2 aromatic rings. The molecule has 9 heteroatoms. The molecule has 2 aromatic carbocycles. The van der Waals surface area contributed by atoms with E-state index in [0.717, 1.165) is 0 Å². The number of aliphatic hydroxyl groups is 1. The van der Waals surface area contributed by atoms with Crippen molar-refractivity contribution in [3.8, 4) is 5.75 Å². The number of aliphatic hydroxyl groups excluding tert-OH is 1. The van der Waals surface area contributed by atoms with E-state index >= 15 is 0 Å². The summed E-state index contributed by atoms with van der Waals surface area (Å²) in [6.45, 7) is 9.52. The number of anilines is 1. The molecule has 3 aliphatic heterocycles. The second kappa shape index (κ2) is 11.0. The van der Waals surface area contributed by atoms with Crippen molar-refractivity contribution in [1.29, 1.82) is 0 Å². The van der Waals surface area contributed by atoms with Gasteiger partial charge >= 0.3 is 0 Å². The molecule has 1 N–H and O–H groups in total. The molecular weight excluding hydrogens is 498 g/mol. The van der Waals surface area contributed by atoms with E-state index in [-0.39, 0.29) is 17.9 Å². The zero-order valence-electron chi connectivity index (χ0n) is 22.1. The first-order valence-corrected chi connectivity index (χ1v) is 13.3. The lowest BCUT2D eigenvalue weighted by atomic mass is 9.82. The number of ether oxygens (including phenoxy) is 2. The number of benzene rings is 2. The van der Waals surface area contributed by atoms with Crippen LogP contribution >= 0.6 is 0 Å². The lowest BCUT2D eigenvalue weighted by molar-refractivity contribution is -0.144. The number of fused-ring (bicyclic) bond motifs is 2. The van der Waals surface area contributed by atoms with Gasteiger partial charge in [0.1, 0.15) is 18.1 Å². The number of amides is 2. The fraction of sp³-hybridized carbons (Fsp3) is 0.367. The average Bonchev–Trinajstić information content (AvgIpc) is 3.34. The number of morpholine rings is 1. The van der Waals surface area contributed by atoms with Crippen molar-refractivity contribution in [2.24, 2.45) is 0 Å². The zero-order valence-corrected chi connectivity index (χ0v) is 22.1. The van der Waals surface area contributed by atoms with Crippen LogP contribution in [-0.4, -0.2) is 85.0 Å². The minimum atomic E-state index is -1.76. The number of nitrogens with zero attached hydrogens (tertiary/aromatic N) is 3. The van der Waals surface area contributed by atoms with Crippen LogP contribution in [0.15, 0.2) is 66.8 Å². The number of likely N-dealkylation sites (tertiary alicyclic amines) is 1. The Kier molecular flexibility index (Phi) is 7.54. The van der Waals surface area contributed by atoms with Crippen molar-refractivity contribution in [3.05, 3.63) is 77.9 Å². The van der Waals surface area contributed by atoms with Crippen LogP contribution < -0.4 is 9.64 Å². The topological polar surface area (TPSA) is 99.6 Å². The molecular formula is C30H33N3O6. The van der Waals surface area contributed by atoms with E-state index in [1.165, 1.54) is 4.90 Å². The van der Waals surface area contributed by atoms with Gasteiger partial charge in [0.2, 0.25) is 0 Å². The summed E-state index contributed by atoms with van der Waals surface area (Å²) < 4.78 is 11.0. The third-order valence-corrected chi connectivity index (χ3v) is 7.50. The quantitative estimate of drug-likeness (QED) is 0.230. The third kappa shape index (κ3) is 4.41. The molecule has 0 unspecified atom stereocenters. The maximum atomic E-state index is 14.4. The standard InChI is InChI=1S/C30H33N3O6/c1-3-13-32-24-8-6-5-7-23(24)30(29(32)37)25(26(34)21-9-11-22(12-10-21)39-18-4-2)27(35)28(36)33(30)15-14-31-16-19-38-20-17-31/h4-12,34H,2-3,13-20H2,1H3/t30-/m0/s1. The Hall–Kier alpha value is -3.95. The first-order valence-electron chi connectivity index (χ1n) is 13.3. The van der Waals surface area contributed by atoms with Crippen molar-refractivity contribution in [3.63, 3.8) is 0 Å². The molecule has 5 rings (SSSR count). The molecule has 0 aliphatic carbocycles. The van der Waals surface area contributed by atoms with Crippen molar-refractivity contribution < 1.29 is 29.0 Å². The Labute approximate surface area is 227 Å². The summed E-state index contributed by atoms with van der Waals surface area (Å²) in [7, 11) is 0. The third-order valence-electron chi connectivity index (χ3n) is 7.50. The molecule has 2 fully saturated rings. The summed E-state index contributed by atoms with van der Waals surface area (Å²) in [6, 6.07) is 13.8. The average molecular weight is 532 g/mol. The summed E-state index contributed by atoms with van der Waals surface area (Å²) in [5.74, 6) is -1.90. The number of hydrogen-bond acceptors (Lipinski definition) is 7. The smallest absolute Gasteiger partial charge is 0.296 e. The Morgan fingerprint density at radius 3 is 2.46 bits per heavy atom. The molecule has 9 nitrogen and oxygen atoms in total. The highest BCUT2D eigenvalue weighted by Gasteiger charge is 2.66. The Bertz CT molecular complexity index is 1310. The fourth-order valence-electron chi connectivity index (χ4n) is 5.69. The van der Waals surface area contributed by atoms with Gasteiger partial charge in [0.25, 0.3) is 17.6 Å². The number of ketones is 1. The number of para-hydroxylation sites is 1. The second-order valence-corrected chi connectivity index (χ2v) is 9.77. The van der Waals surface area contributed by atoms with Gasteiger partial charge < -0.3 is 24.4 Å². The molecule has 0 saturated carbocycles. The molecule has 0 radical (unpaired) electrons. The number of Topliss-reactive ketones (excluding diaryl/α,β-unsaturated/α-hetero) is 1. The normalized spacial score (nSPS) is 22.5. The minimum Gasteiger partial charge on any atom is -0.507 e. The van der Waals surface area contributed by atoms with Crippen molar-refractivity contribution >= 4 is 29.0 Å².